The number of benzene rings is 1. The van der Waals surface area contributed by atoms with Crippen LogP contribution in [-0.4, -0.2) is 41.6 Å². The summed E-state index contributed by atoms with van der Waals surface area (Å²) in [6, 6.07) is 12.1. The molecule has 1 heterocycles. The van der Waals surface area contributed by atoms with E-state index in [0.717, 1.165) is 5.56 Å². The van der Waals surface area contributed by atoms with Gasteiger partial charge in [0.1, 0.15) is 12.1 Å². The molecule has 0 saturated heterocycles. The number of pyridine rings is 1. The van der Waals surface area contributed by atoms with E-state index in [9.17, 15) is 14.4 Å². The molecule has 154 valence electrons. The highest BCUT2D eigenvalue weighted by Crippen LogP contribution is 2.12. The van der Waals surface area contributed by atoms with Crippen molar-refractivity contribution >= 4 is 17.9 Å². The number of nitrogens with zero attached hydrogens (tertiary/aromatic N) is 1. The minimum atomic E-state index is -0.672. The third kappa shape index (κ3) is 8.00. The molecule has 0 spiro atoms. The molecule has 0 aliphatic heterocycles. The summed E-state index contributed by atoms with van der Waals surface area (Å²) >= 11 is 0. The summed E-state index contributed by atoms with van der Waals surface area (Å²) in [7, 11) is 0. The molecular weight excluding hydrogens is 372 g/mol. The largest absolute Gasteiger partial charge is 0.444 e. The molecule has 1 aromatic heterocycles. The van der Waals surface area contributed by atoms with Gasteiger partial charge in [-0.25, -0.2) is 4.79 Å². The fourth-order valence-corrected chi connectivity index (χ4v) is 2.44. The van der Waals surface area contributed by atoms with Crippen molar-refractivity contribution in [1.82, 2.24) is 20.9 Å². The van der Waals surface area contributed by atoms with Crippen LogP contribution >= 0.6 is 0 Å². The fourth-order valence-electron chi connectivity index (χ4n) is 2.44. The van der Waals surface area contributed by atoms with E-state index in [0.29, 0.717) is 5.56 Å². The van der Waals surface area contributed by atoms with E-state index in [1.807, 2.05) is 30.3 Å². The highest BCUT2D eigenvalue weighted by atomic mass is 16.6. The minimum absolute atomic E-state index is 0.177. The zero-order chi connectivity index (χ0) is 21.3. The molecule has 8 heteroatoms. The maximum atomic E-state index is 12.3. The maximum absolute atomic E-state index is 12.3. The Balaban J connectivity index is 1.95. The average Bonchev–Trinajstić information content (AvgIpc) is 2.69. The minimum Gasteiger partial charge on any atom is -0.444 e. The van der Waals surface area contributed by atoms with Gasteiger partial charge in [0.2, 0.25) is 5.91 Å². The van der Waals surface area contributed by atoms with Crippen molar-refractivity contribution in [2.75, 3.05) is 13.1 Å². The summed E-state index contributed by atoms with van der Waals surface area (Å²) in [6.07, 6.45) is 2.38. The van der Waals surface area contributed by atoms with Crippen LogP contribution in [0.5, 0.6) is 0 Å². The Bertz CT molecular complexity index is 820. The molecule has 3 N–H and O–H groups in total. The second-order valence-electron chi connectivity index (χ2n) is 7.34. The van der Waals surface area contributed by atoms with E-state index < -0.39 is 23.6 Å². The zero-order valence-corrected chi connectivity index (χ0v) is 16.8. The van der Waals surface area contributed by atoms with Gasteiger partial charge in [-0.2, -0.15) is 0 Å². The van der Waals surface area contributed by atoms with Crippen LogP contribution in [0, 0.1) is 0 Å². The monoisotopic (exact) mass is 398 g/mol. The van der Waals surface area contributed by atoms with Crippen LogP contribution in [0.3, 0.4) is 0 Å². The molecule has 0 aliphatic rings. The van der Waals surface area contributed by atoms with Crippen molar-refractivity contribution in [2.45, 2.75) is 32.4 Å². The van der Waals surface area contributed by atoms with Gasteiger partial charge in [-0.05, 0) is 38.5 Å². The third-order valence-corrected chi connectivity index (χ3v) is 3.72. The fraction of sp³-hybridized carbons (Fsp3) is 0.333. The molecule has 29 heavy (non-hydrogen) atoms. The number of rotatable bonds is 7. The summed E-state index contributed by atoms with van der Waals surface area (Å²) in [5.41, 5.74) is 0.603. The van der Waals surface area contributed by atoms with E-state index in [1.54, 1.807) is 39.1 Å². The number of hydrogen-bond acceptors (Lipinski definition) is 5. The van der Waals surface area contributed by atoms with Gasteiger partial charge in [0.15, 0.2) is 0 Å². The molecule has 0 bridgehead atoms. The molecule has 1 atom stereocenters. The standard InChI is InChI=1S/C21H26N4O4/c1-21(2,3)29-20(28)24-14-18(26)25-17(15-8-5-4-6-9-15)13-23-19(27)16-10-7-11-22-12-16/h4-12,17H,13-14H2,1-3H3,(H,23,27)(H,24,28)(H,25,26)/t17-/m1/s1. The first kappa shape index (κ1) is 21.9. The number of aromatic nitrogens is 1. The SMILES string of the molecule is CC(C)(C)OC(=O)NCC(=O)N[C@H](CNC(=O)c1cccnc1)c1ccccc1. The van der Waals surface area contributed by atoms with Crippen LogP contribution in [0.4, 0.5) is 4.79 Å². The average molecular weight is 398 g/mol. The third-order valence-electron chi connectivity index (χ3n) is 3.72. The first-order chi connectivity index (χ1) is 13.7. The molecular formula is C21H26N4O4. The van der Waals surface area contributed by atoms with Crippen molar-refractivity contribution < 1.29 is 19.1 Å². The van der Waals surface area contributed by atoms with Crippen LogP contribution < -0.4 is 16.0 Å². The van der Waals surface area contributed by atoms with Crippen LogP contribution in [0.2, 0.25) is 0 Å². The molecule has 8 nitrogen and oxygen atoms in total. The second-order valence-corrected chi connectivity index (χ2v) is 7.34. The van der Waals surface area contributed by atoms with Crippen molar-refractivity contribution in [1.29, 1.82) is 0 Å². The van der Waals surface area contributed by atoms with Crippen LogP contribution in [-0.2, 0) is 9.53 Å². The van der Waals surface area contributed by atoms with Gasteiger partial charge in [0.25, 0.3) is 5.91 Å². The van der Waals surface area contributed by atoms with Gasteiger partial charge in [0, 0.05) is 18.9 Å². The molecule has 0 fully saturated rings. The molecule has 0 unspecified atom stereocenters. The van der Waals surface area contributed by atoms with Crippen LogP contribution in [0.1, 0.15) is 42.7 Å². The predicted octanol–water partition coefficient (Wildman–Crippen LogP) is 2.19. The van der Waals surface area contributed by atoms with Gasteiger partial charge >= 0.3 is 6.09 Å². The number of nitrogens with one attached hydrogen (secondary N) is 3. The first-order valence-electron chi connectivity index (χ1n) is 9.24. The predicted molar refractivity (Wildman–Crippen MR) is 108 cm³/mol. The van der Waals surface area contributed by atoms with Crippen molar-refractivity contribution in [2.24, 2.45) is 0 Å². The molecule has 2 aromatic rings. The summed E-state index contributed by atoms with van der Waals surface area (Å²) in [4.78, 5) is 40.2. The Morgan fingerprint density at radius 3 is 2.38 bits per heavy atom. The van der Waals surface area contributed by atoms with Crippen molar-refractivity contribution in [3.63, 3.8) is 0 Å². The van der Waals surface area contributed by atoms with Gasteiger partial charge < -0.3 is 20.7 Å². The normalized spacial score (nSPS) is 11.8. The Morgan fingerprint density at radius 1 is 1.03 bits per heavy atom. The molecule has 0 aliphatic carbocycles. The lowest BCUT2D eigenvalue weighted by atomic mass is 10.1. The number of carbonyl (C=O) groups excluding carboxylic acids is 3. The highest BCUT2D eigenvalue weighted by Gasteiger charge is 2.19. The number of alkyl carbamates (subject to hydrolysis) is 1. The van der Waals surface area contributed by atoms with Crippen molar-refractivity contribution in [3.05, 3.63) is 66.0 Å². The van der Waals surface area contributed by atoms with Gasteiger partial charge in [-0.1, -0.05) is 30.3 Å². The number of ether oxygens (including phenoxy) is 1. The number of hydrogen-bond donors (Lipinski definition) is 3. The quantitative estimate of drug-likeness (QED) is 0.662. The Hall–Kier alpha value is -3.42. The second kappa shape index (κ2) is 10.2. The van der Waals surface area contributed by atoms with E-state index in [1.165, 1.54) is 6.20 Å². The molecule has 2 rings (SSSR count). The molecule has 1 aromatic carbocycles. The Kier molecular flexibility index (Phi) is 7.70. The summed E-state index contributed by atoms with van der Waals surface area (Å²) in [5, 5.41) is 8.03. The number of amides is 3. The summed E-state index contributed by atoms with van der Waals surface area (Å²) in [5.74, 6) is -0.694. The van der Waals surface area contributed by atoms with E-state index in [2.05, 4.69) is 20.9 Å². The molecule has 0 saturated carbocycles. The topological polar surface area (TPSA) is 109 Å². The Morgan fingerprint density at radius 2 is 1.76 bits per heavy atom. The summed E-state index contributed by atoms with van der Waals surface area (Å²) < 4.78 is 5.11. The van der Waals surface area contributed by atoms with E-state index in [-0.39, 0.29) is 19.0 Å². The lowest BCUT2D eigenvalue weighted by Gasteiger charge is -2.21. The lowest BCUT2D eigenvalue weighted by Crippen LogP contribution is -2.43. The van der Waals surface area contributed by atoms with Gasteiger partial charge in [-0.15, -0.1) is 0 Å². The summed E-state index contributed by atoms with van der Waals surface area (Å²) in [6.45, 7) is 5.15. The van der Waals surface area contributed by atoms with E-state index >= 15 is 0 Å². The van der Waals surface area contributed by atoms with E-state index in [4.69, 9.17) is 4.74 Å². The zero-order valence-electron chi connectivity index (χ0n) is 16.8. The molecule has 3 amide bonds. The smallest absolute Gasteiger partial charge is 0.408 e. The lowest BCUT2D eigenvalue weighted by molar-refractivity contribution is -0.121. The van der Waals surface area contributed by atoms with Crippen LogP contribution in [0.15, 0.2) is 54.9 Å². The highest BCUT2D eigenvalue weighted by molar-refractivity contribution is 5.93. The molecule has 0 radical (unpaired) electrons. The van der Waals surface area contributed by atoms with Crippen molar-refractivity contribution in [3.8, 4) is 0 Å². The van der Waals surface area contributed by atoms with Crippen LogP contribution in [0.25, 0.3) is 0 Å². The van der Waals surface area contributed by atoms with Gasteiger partial charge in [-0.3, -0.25) is 14.6 Å². The van der Waals surface area contributed by atoms with Gasteiger partial charge in [0.05, 0.1) is 11.6 Å². The first-order valence-corrected chi connectivity index (χ1v) is 9.24. The number of carbonyl (C=O) groups is 3. The Labute approximate surface area is 170 Å². The maximum Gasteiger partial charge on any atom is 0.408 e.